The predicted octanol–water partition coefficient (Wildman–Crippen LogP) is 4.97. The molecule has 3 aromatic carbocycles. The van der Waals surface area contributed by atoms with E-state index in [1.807, 2.05) is 36.4 Å². The minimum Gasteiger partial charge on any atom is -0.478 e. The van der Waals surface area contributed by atoms with Crippen molar-refractivity contribution in [3.05, 3.63) is 94.5 Å². The van der Waals surface area contributed by atoms with Crippen LogP contribution in [0.5, 0.6) is 0 Å². The molecule has 0 fully saturated rings. The van der Waals surface area contributed by atoms with Gasteiger partial charge in [-0.25, -0.2) is 4.79 Å². The molecule has 1 amide bonds. The van der Waals surface area contributed by atoms with Gasteiger partial charge in [-0.2, -0.15) is 0 Å². The van der Waals surface area contributed by atoms with Crippen molar-refractivity contribution in [2.24, 2.45) is 0 Å². The molecule has 0 spiro atoms. The minimum absolute atomic E-state index is 0.193. The zero-order valence-electron chi connectivity index (χ0n) is 14.6. The molecule has 5 nitrogen and oxygen atoms in total. The first-order valence-corrected chi connectivity index (χ1v) is 8.92. The van der Waals surface area contributed by atoms with Gasteiger partial charge in [-0.1, -0.05) is 48.0 Å². The number of halogens is 1. The van der Waals surface area contributed by atoms with E-state index in [-0.39, 0.29) is 11.5 Å². The topological polar surface area (TPSA) is 78.4 Å². The largest absolute Gasteiger partial charge is 0.478 e. The predicted molar refractivity (Wildman–Crippen MR) is 110 cm³/mol. The summed E-state index contributed by atoms with van der Waals surface area (Å²) in [6.45, 7) is 0. The summed E-state index contributed by atoms with van der Waals surface area (Å²) in [6.07, 6.45) is 0. The Hall–Kier alpha value is -3.57. The third-order valence-electron chi connectivity index (χ3n) is 4.44. The van der Waals surface area contributed by atoms with Gasteiger partial charge < -0.3 is 15.7 Å². The molecule has 3 N–H and O–H groups in total. The van der Waals surface area contributed by atoms with Crippen molar-refractivity contribution < 1.29 is 14.7 Å². The second-order valence-corrected chi connectivity index (χ2v) is 6.70. The van der Waals surface area contributed by atoms with Gasteiger partial charge in [0.25, 0.3) is 5.91 Å². The second-order valence-electron chi connectivity index (χ2n) is 6.27. The molecule has 6 heteroatoms. The minimum atomic E-state index is -0.992. The highest BCUT2D eigenvalue weighted by atomic mass is 35.5. The van der Waals surface area contributed by atoms with Crippen LogP contribution in [0.15, 0.2) is 72.8 Å². The fraction of sp³-hybridized carbons (Fsp3) is 0. The third kappa shape index (κ3) is 3.35. The number of amides is 1. The van der Waals surface area contributed by atoms with E-state index in [0.29, 0.717) is 27.7 Å². The number of carbonyl (C=O) groups is 2. The maximum absolute atomic E-state index is 12.8. The quantitative estimate of drug-likeness (QED) is 0.549. The van der Waals surface area contributed by atoms with E-state index in [0.717, 1.165) is 11.1 Å². The SMILES string of the molecule is O=C1Nc2cc(Cl)ccc2C1=C(Nc1ccc(C(=O)O)cc1)c1ccccc1. The molecule has 0 unspecified atom stereocenters. The van der Waals surface area contributed by atoms with Gasteiger partial charge in [0.05, 0.1) is 22.5 Å². The number of fused-ring (bicyclic) bond motifs is 1. The van der Waals surface area contributed by atoms with Crippen LogP contribution < -0.4 is 10.6 Å². The number of anilines is 2. The Labute approximate surface area is 166 Å². The summed E-state index contributed by atoms with van der Waals surface area (Å²) in [7, 11) is 0. The summed E-state index contributed by atoms with van der Waals surface area (Å²) in [6, 6.07) is 21.1. The zero-order chi connectivity index (χ0) is 19.7. The van der Waals surface area contributed by atoms with Crippen molar-refractivity contribution >= 4 is 46.1 Å². The van der Waals surface area contributed by atoms with E-state index in [4.69, 9.17) is 16.7 Å². The Morgan fingerprint density at radius 1 is 0.929 bits per heavy atom. The first kappa shape index (κ1) is 17.8. The lowest BCUT2D eigenvalue weighted by Gasteiger charge is -2.15. The third-order valence-corrected chi connectivity index (χ3v) is 4.67. The molecule has 0 aromatic heterocycles. The van der Waals surface area contributed by atoms with E-state index in [9.17, 15) is 9.59 Å². The van der Waals surface area contributed by atoms with Crippen LogP contribution in [0, 0.1) is 0 Å². The Bertz CT molecular complexity index is 1110. The van der Waals surface area contributed by atoms with Crippen LogP contribution in [0.25, 0.3) is 11.3 Å². The highest BCUT2D eigenvalue weighted by Crippen LogP contribution is 2.38. The summed E-state index contributed by atoms with van der Waals surface area (Å²) in [5, 5.41) is 15.8. The van der Waals surface area contributed by atoms with E-state index in [1.165, 1.54) is 12.1 Å². The van der Waals surface area contributed by atoms with Gasteiger partial charge in [0.2, 0.25) is 0 Å². The number of hydrogen-bond acceptors (Lipinski definition) is 3. The number of carboxylic acid groups (broad SMARTS) is 1. The van der Waals surface area contributed by atoms with Crippen LogP contribution in [-0.2, 0) is 4.79 Å². The number of rotatable bonds is 4. The lowest BCUT2D eigenvalue weighted by molar-refractivity contribution is -0.110. The van der Waals surface area contributed by atoms with Crippen LogP contribution >= 0.6 is 11.6 Å². The second kappa shape index (κ2) is 7.21. The van der Waals surface area contributed by atoms with E-state index >= 15 is 0 Å². The molecule has 0 atom stereocenters. The Morgan fingerprint density at radius 2 is 1.64 bits per heavy atom. The molecule has 4 rings (SSSR count). The summed E-state index contributed by atoms with van der Waals surface area (Å²) >= 11 is 6.05. The van der Waals surface area contributed by atoms with Crippen molar-refractivity contribution in [1.29, 1.82) is 0 Å². The molecular weight excluding hydrogens is 376 g/mol. The van der Waals surface area contributed by atoms with Crippen molar-refractivity contribution in [1.82, 2.24) is 0 Å². The maximum Gasteiger partial charge on any atom is 0.335 e. The van der Waals surface area contributed by atoms with Crippen LogP contribution in [0.4, 0.5) is 11.4 Å². The average Bonchev–Trinajstić information content (AvgIpc) is 3.01. The van der Waals surface area contributed by atoms with E-state index in [2.05, 4.69) is 10.6 Å². The highest BCUT2D eigenvalue weighted by molar-refractivity contribution is 6.38. The van der Waals surface area contributed by atoms with Crippen LogP contribution in [0.2, 0.25) is 5.02 Å². The molecule has 1 aliphatic heterocycles. The van der Waals surface area contributed by atoms with Crippen molar-refractivity contribution in [3.63, 3.8) is 0 Å². The molecule has 0 radical (unpaired) electrons. The Morgan fingerprint density at radius 3 is 2.32 bits per heavy atom. The van der Waals surface area contributed by atoms with E-state index in [1.54, 1.807) is 24.3 Å². The number of hydrogen-bond donors (Lipinski definition) is 3. The zero-order valence-corrected chi connectivity index (χ0v) is 15.3. The smallest absolute Gasteiger partial charge is 0.335 e. The van der Waals surface area contributed by atoms with Gasteiger partial charge in [0, 0.05) is 16.3 Å². The molecule has 1 aliphatic rings. The molecule has 0 saturated heterocycles. The van der Waals surface area contributed by atoms with Gasteiger partial charge in [-0.05, 0) is 42.0 Å². The lowest BCUT2D eigenvalue weighted by atomic mass is 10.00. The number of nitrogens with one attached hydrogen (secondary N) is 2. The molecule has 0 aliphatic carbocycles. The van der Waals surface area contributed by atoms with Crippen molar-refractivity contribution in [2.45, 2.75) is 0 Å². The van der Waals surface area contributed by atoms with Gasteiger partial charge in [0.1, 0.15) is 0 Å². The first-order valence-electron chi connectivity index (χ1n) is 8.54. The van der Waals surface area contributed by atoms with Crippen LogP contribution in [-0.4, -0.2) is 17.0 Å². The highest BCUT2D eigenvalue weighted by Gasteiger charge is 2.28. The number of benzene rings is 3. The monoisotopic (exact) mass is 390 g/mol. The van der Waals surface area contributed by atoms with Gasteiger partial charge >= 0.3 is 5.97 Å². The fourth-order valence-electron chi connectivity index (χ4n) is 3.12. The lowest BCUT2D eigenvalue weighted by Crippen LogP contribution is -2.10. The summed E-state index contributed by atoms with van der Waals surface area (Å²) in [5.74, 6) is -1.22. The van der Waals surface area contributed by atoms with Crippen LogP contribution in [0.3, 0.4) is 0 Å². The average molecular weight is 391 g/mol. The molecule has 0 bridgehead atoms. The summed E-state index contributed by atoms with van der Waals surface area (Å²) < 4.78 is 0. The molecule has 28 heavy (non-hydrogen) atoms. The van der Waals surface area contributed by atoms with Gasteiger partial charge in [-0.15, -0.1) is 0 Å². The summed E-state index contributed by atoms with van der Waals surface area (Å²) in [5.41, 5.74) is 4.23. The Kier molecular flexibility index (Phi) is 4.59. The molecule has 0 saturated carbocycles. The fourth-order valence-corrected chi connectivity index (χ4v) is 3.29. The van der Waals surface area contributed by atoms with Crippen molar-refractivity contribution in [2.75, 3.05) is 10.6 Å². The normalized spacial score (nSPS) is 14.2. The summed E-state index contributed by atoms with van der Waals surface area (Å²) in [4.78, 5) is 23.8. The van der Waals surface area contributed by atoms with Gasteiger partial charge in [0.15, 0.2) is 0 Å². The Balaban J connectivity index is 1.85. The number of aromatic carboxylic acids is 1. The van der Waals surface area contributed by atoms with Crippen LogP contribution in [0.1, 0.15) is 21.5 Å². The van der Waals surface area contributed by atoms with Gasteiger partial charge in [-0.3, -0.25) is 4.79 Å². The number of carboxylic acids is 1. The number of carbonyl (C=O) groups excluding carboxylic acids is 1. The maximum atomic E-state index is 12.8. The van der Waals surface area contributed by atoms with Crippen molar-refractivity contribution in [3.8, 4) is 0 Å². The standard InChI is InChI=1S/C22H15ClN2O3/c23-15-8-11-17-18(12-15)25-21(26)19(17)20(13-4-2-1-3-5-13)24-16-9-6-14(7-10-16)22(27)28/h1-12,24H,(H,25,26)(H,27,28). The molecule has 138 valence electrons. The molecule has 3 aromatic rings. The first-order chi connectivity index (χ1) is 13.5. The van der Waals surface area contributed by atoms with E-state index < -0.39 is 5.97 Å². The molecular formula is C22H15ClN2O3. The molecule has 1 heterocycles.